The van der Waals surface area contributed by atoms with Gasteiger partial charge in [0, 0.05) is 6.08 Å². The Morgan fingerprint density at radius 1 is 1.08 bits per heavy atom. The van der Waals surface area contributed by atoms with Crippen molar-refractivity contribution in [3.63, 3.8) is 0 Å². The Hall–Kier alpha value is -1.44. The Morgan fingerprint density at radius 2 is 1.67 bits per heavy atom. The molecule has 1 aromatic rings. The highest BCUT2D eigenvalue weighted by Gasteiger charge is 1.92. The molecule has 0 aliphatic carbocycles. The van der Waals surface area contributed by atoms with Gasteiger partial charge in [0.05, 0.1) is 14.2 Å². The normalized spacial score (nSPS) is 8.83. The lowest BCUT2D eigenvalue weighted by Gasteiger charge is -2.02. The predicted octanol–water partition coefficient (Wildman–Crippen LogP) is 2.28. The average molecular weight is 164 g/mol. The maximum Gasteiger partial charge on any atom is 0.279 e. The van der Waals surface area contributed by atoms with E-state index in [1.165, 1.54) is 0 Å². The molecule has 0 amide bonds. The van der Waals surface area contributed by atoms with E-state index in [4.69, 9.17) is 9.47 Å². The van der Waals surface area contributed by atoms with Crippen LogP contribution >= 0.6 is 0 Å². The van der Waals surface area contributed by atoms with Crippen molar-refractivity contribution in [2.45, 2.75) is 0 Å². The second kappa shape index (κ2) is 4.44. The molecule has 0 aliphatic rings. The lowest BCUT2D eigenvalue weighted by molar-refractivity contribution is 0.1000. The van der Waals surface area contributed by atoms with E-state index < -0.39 is 0 Å². The quantitative estimate of drug-likeness (QED) is 0.638. The third-order valence-corrected chi connectivity index (χ3v) is 1.49. The summed E-state index contributed by atoms with van der Waals surface area (Å²) in [5.74, 6) is 0.515. The summed E-state index contributed by atoms with van der Waals surface area (Å²) >= 11 is 0. The molecule has 0 saturated carbocycles. The fourth-order valence-corrected chi connectivity index (χ4v) is 0.887. The number of rotatable bonds is 3. The molecular weight excluding hydrogens is 152 g/mol. The Kier molecular flexibility index (Phi) is 3.20. The zero-order valence-electron chi connectivity index (χ0n) is 7.28. The second-order valence-corrected chi connectivity index (χ2v) is 2.28. The van der Waals surface area contributed by atoms with Crippen molar-refractivity contribution in [1.82, 2.24) is 0 Å². The molecule has 1 aromatic carbocycles. The minimum atomic E-state index is 0.515. The third kappa shape index (κ3) is 2.31. The fraction of sp³-hybridized carbons (Fsp3) is 0.200. The van der Waals surface area contributed by atoms with Crippen LogP contribution in [0.15, 0.2) is 36.3 Å². The van der Waals surface area contributed by atoms with Crippen LogP contribution in [0.1, 0.15) is 5.56 Å². The highest BCUT2D eigenvalue weighted by atomic mass is 16.7. The van der Waals surface area contributed by atoms with E-state index in [-0.39, 0.29) is 0 Å². The predicted molar refractivity (Wildman–Crippen MR) is 48.4 cm³/mol. The van der Waals surface area contributed by atoms with Gasteiger partial charge >= 0.3 is 0 Å². The molecule has 0 spiro atoms. The summed E-state index contributed by atoms with van der Waals surface area (Å²) in [6.07, 6.45) is 1.83. The third-order valence-electron chi connectivity index (χ3n) is 1.49. The molecule has 0 fully saturated rings. The molecule has 2 nitrogen and oxygen atoms in total. The lowest BCUT2D eigenvalue weighted by atomic mass is 10.2. The van der Waals surface area contributed by atoms with Crippen LogP contribution in [0.3, 0.4) is 0 Å². The van der Waals surface area contributed by atoms with Gasteiger partial charge in [0.1, 0.15) is 0 Å². The van der Waals surface area contributed by atoms with E-state index in [0.717, 1.165) is 5.56 Å². The molecule has 0 N–H and O–H groups in total. The number of methoxy groups -OCH3 is 2. The first-order valence-electron chi connectivity index (χ1n) is 3.71. The maximum absolute atomic E-state index is 4.94. The molecule has 0 unspecified atom stereocenters. The Morgan fingerprint density at radius 3 is 2.17 bits per heavy atom. The lowest BCUT2D eigenvalue weighted by Crippen LogP contribution is -1.88. The summed E-state index contributed by atoms with van der Waals surface area (Å²) in [6.45, 7) is 0. The molecule has 0 radical (unpaired) electrons. The van der Waals surface area contributed by atoms with Crippen molar-refractivity contribution in [2.24, 2.45) is 0 Å². The van der Waals surface area contributed by atoms with Crippen LogP contribution in [-0.4, -0.2) is 14.2 Å². The Balaban J connectivity index is 2.79. The van der Waals surface area contributed by atoms with Gasteiger partial charge in [-0.15, -0.1) is 0 Å². The van der Waals surface area contributed by atoms with E-state index in [9.17, 15) is 0 Å². The number of benzene rings is 1. The Labute approximate surface area is 72.4 Å². The number of ether oxygens (including phenoxy) is 2. The molecule has 0 aromatic heterocycles. The van der Waals surface area contributed by atoms with Gasteiger partial charge in [-0.3, -0.25) is 0 Å². The van der Waals surface area contributed by atoms with Crippen molar-refractivity contribution in [2.75, 3.05) is 14.2 Å². The topological polar surface area (TPSA) is 18.5 Å². The van der Waals surface area contributed by atoms with E-state index in [1.807, 2.05) is 36.4 Å². The van der Waals surface area contributed by atoms with Gasteiger partial charge < -0.3 is 9.47 Å². The summed E-state index contributed by atoms with van der Waals surface area (Å²) in [7, 11) is 3.16. The van der Waals surface area contributed by atoms with Crippen LogP contribution < -0.4 is 0 Å². The van der Waals surface area contributed by atoms with Crippen LogP contribution in [-0.2, 0) is 9.47 Å². The van der Waals surface area contributed by atoms with Crippen LogP contribution in [0.5, 0.6) is 0 Å². The van der Waals surface area contributed by atoms with Gasteiger partial charge in [-0.05, 0) is 5.56 Å². The Bertz CT molecular complexity index is 246. The molecule has 0 heterocycles. The maximum atomic E-state index is 4.94. The van der Waals surface area contributed by atoms with E-state index in [2.05, 4.69) is 0 Å². The first-order chi connectivity index (χ1) is 5.86. The fourth-order valence-electron chi connectivity index (χ4n) is 0.887. The molecule has 2 heteroatoms. The minimum absolute atomic E-state index is 0.515. The highest BCUT2D eigenvalue weighted by Crippen LogP contribution is 2.06. The van der Waals surface area contributed by atoms with Crippen LogP contribution in [0.25, 0.3) is 6.08 Å². The van der Waals surface area contributed by atoms with Crippen molar-refractivity contribution >= 4 is 6.08 Å². The molecular formula is C10H12O2. The highest BCUT2D eigenvalue weighted by molar-refractivity contribution is 5.49. The summed E-state index contributed by atoms with van der Waals surface area (Å²) in [5, 5.41) is 0. The summed E-state index contributed by atoms with van der Waals surface area (Å²) in [4.78, 5) is 0. The van der Waals surface area contributed by atoms with Gasteiger partial charge in [-0.25, -0.2) is 0 Å². The zero-order valence-corrected chi connectivity index (χ0v) is 7.28. The first kappa shape index (κ1) is 8.65. The van der Waals surface area contributed by atoms with Crippen molar-refractivity contribution < 1.29 is 9.47 Å². The SMILES string of the molecule is COC(=Cc1ccccc1)OC. The minimum Gasteiger partial charge on any atom is -0.469 e. The first-order valence-corrected chi connectivity index (χ1v) is 3.71. The summed E-state index contributed by atoms with van der Waals surface area (Å²) in [6, 6.07) is 9.87. The smallest absolute Gasteiger partial charge is 0.279 e. The van der Waals surface area contributed by atoms with E-state index in [0.29, 0.717) is 5.95 Å². The standard InChI is InChI=1S/C10H12O2/c1-11-10(12-2)8-9-6-4-3-5-7-9/h3-8H,1-2H3. The van der Waals surface area contributed by atoms with Gasteiger partial charge in [0.2, 0.25) is 0 Å². The second-order valence-electron chi connectivity index (χ2n) is 2.28. The van der Waals surface area contributed by atoms with Crippen LogP contribution in [0, 0.1) is 0 Å². The molecule has 12 heavy (non-hydrogen) atoms. The monoisotopic (exact) mass is 164 g/mol. The molecule has 0 bridgehead atoms. The molecule has 0 saturated heterocycles. The van der Waals surface area contributed by atoms with E-state index >= 15 is 0 Å². The van der Waals surface area contributed by atoms with Gasteiger partial charge in [0.15, 0.2) is 0 Å². The average Bonchev–Trinajstić information content (AvgIpc) is 2.16. The number of hydrogen-bond donors (Lipinski definition) is 0. The summed E-state index contributed by atoms with van der Waals surface area (Å²) in [5.41, 5.74) is 1.07. The zero-order chi connectivity index (χ0) is 8.81. The van der Waals surface area contributed by atoms with Gasteiger partial charge in [-0.2, -0.15) is 0 Å². The molecule has 0 atom stereocenters. The van der Waals surface area contributed by atoms with Crippen molar-refractivity contribution in [3.8, 4) is 0 Å². The van der Waals surface area contributed by atoms with Crippen LogP contribution in [0.4, 0.5) is 0 Å². The van der Waals surface area contributed by atoms with Crippen molar-refractivity contribution in [3.05, 3.63) is 41.8 Å². The van der Waals surface area contributed by atoms with Gasteiger partial charge in [-0.1, -0.05) is 30.3 Å². The van der Waals surface area contributed by atoms with Crippen LogP contribution in [0.2, 0.25) is 0 Å². The summed E-state index contributed by atoms with van der Waals surface area (Å²) < 4.78 is 9.88. The van der Waals surface area contributed by atoms with Crippen molar-refractivity contribution in [1.29, 1.82) is 0 Å². The van der Waals surface area contributed by atoms with E-state index in [1.54, 1.807) is 14.2 Å². The van der Waals surface area contributed by atoms with Gasteiger partial charge in [0.25, 0.3) is 5.95 Å². The largest absolute Gasteiger partial charge is 0.469 e. The number of hydrogen-bond acceptors (Lipinski definition) is 2. The molecule has 1 rings (SSSR count). The molecule has 64 valence electrons. The molecule has 0 aliphatic heterocycles.